The number of ketones is 1. The Morgan fingerprint density at radius 1 is 1.07 bits per heavy atom. The summed E-state index contributed by atoms with van der Waals surface area (Å²) in [6, 6.07) is 13.2. The van der Waals surface area contributed by atoms with E-state index in [0.717, 1.165) is 0 Å². The van der Waals surface area contributed by atoms with Crippen molar-refractivity contribution in [1.82, 2.24) is 10.2 Å². The fourth-order valence-corrected chi connectivity index (χ4v) is 3.39. The summed E-state index contributed by atoms with van der Waals surface area (Å²) in [6.45, 7) is 0.847. The molecule has 1 fully saturated rings. The molecule has 9 heteroatoms. The molecule has 1 amide bonds. The van der Waals surface area contributed by atoms with Crippen molar-refractivity contribution in [3.05, 3.63) is 81.4 Å². The Bertz CT molecular complexity index is 972. The maximum Gasteiger partial charge on any atom is 0.295 e. The lowest BCUT2D eigenvalue weighted by atomic mass is 9.95. The van der Waals surface area contributed by atoms with Gasteiger partial charge in [-0.15, -0.1) is 0 Å². The Balaban J connectivity index is 2.03. The summed E-state index contributed by atoms with van der Waals surface area (Å²) in [4.78, 5) is 37.2. The van der Waals surface area contributed by atoms with E-state index in [9.17, 15) is 24.8 Å². The van der Waals surface area contributed by atoms with Gasteiger partial charge in [0.15, 0.2) is 0 Å². The summed E-state index contributed by atoms with van der Waals surface area (Å²) in [6.07, 6.45) is 0. The normalized spacial score (nSPS) is 18.0. The van der Waals surface area contributed by atoms with Crippen LogP contribution in [0.4, 0.5) is 5.69 Å². The number of hydrogen-bond donors (Lipinski definition) is 3. The third-order valence-electron chi connectivity index (χ3n) is 4.82. The number of likely N-dealkylation sites (tertiary alicyclic amines) is 1. The van der Waals surface area contributed by atoms with Gasteiger partial charge in [0.1, 0.15) is 5.76 Å². The van der Waals surface area contributed by atoms with Crippen molar-refractivity contribution in [2.45, 2.75) is 6.04 Å². The van der Waals surface area contributed by atoms with E-state index >= 15 is 0 Å². The quantitative estimate of drug-likeness (QED) is 0.150. The van der Waals surface area contributed by atoms with Gasteiger partial charge in [0.2, 0.25) is 0 Å². The molecule has 3 N–H and O–H groups in total. The summed E-state index contributed by atoms with van der Waals surface area (Å²) < 4.78 is 0. The van der Waals surface area contributed by atoms with E-state index in [0.29, 0.717) is 18.7 Å². The number of nitro benzene ring substituents is 1. The first-order chi connectivity index (χ1) is 14.5. The van der Waals surface area contributed by atoms with Crippen LogP contribution in [0.2, 0.25) is 0 Å². The molecule has 1 aliphatic rings. The zero-order valence-corrected chi connectivity index (χ0v) is 16.0. The molecule has 2 aromatic rings. The molecule has 1 atom stereocenters. The highest BCUT2D eigenvalue weighted by molar-refractivity contribution is 6.46. The topological polar surface area (TPSA) is 133 Å². The number of nitro groups is 1. The van der Waals surface area contributed by atoms with Crippen molar-refractivity contribution in [1.29, 1.82) is 0 Å². The molecule has 9 nitrogen and oxygen atoms in total. The van der Waals surface area contributed by atoms with Gasteiger partial charge >= 0.3 is 0 Å². The average molecular weight is 411 g/mol. The Kier molecular flexibility index (Phi) is 6.55. The van der Waals surface area contributed by atoms with Gasteiger partial charge in [-0.1, -0.05) is 30.3 Å². The molecule has 0 aromatic heterocycles. The van der Waals surface area contributed by atoms with Crippen molar-refractivity contribution >= 4 is 23.1 Å². The van der Waals surface area contributed by atoms with Gasteiger partial charge in [-0.2, -0.15) is 0 Å². The predicted molar refractivity (Wildman–Crippen MR) is 109 cm³/mol. The minimum atomic E-state index is -0.818. The molecule has 3 rings (SSSR count). The SMILES string of the molecule is O=C1C(=O)N(CCNCCO)C(c2ccccc2)/C1=C(\O)c1ccc([N+](=O)[O-])cc1. The number of hydrogen-bond acceptors (Lipinski definition) is 7. The minimum absolute atomic E-state index is 0.0545. The second-order valence-electron chi connectivity index (χ2n) is 6.68. The van der Waals surface area contributed by atoms with Crippen LogP contribution in [0.15, 0.2) is 60.2 Å². The predicted octanol–water partition coefficient (Wildman–Crippen LogP) is 1.60. The van der Waals surface area contributed by atoms with Crippen LogP contribution in [0, 0.1) is 10.1 Å². The van der Waals surface area contributed by atoms with Gasteiger partial charge in [0.05, 0.1) is 23.1 Å². The van der Waals surface area contributed by atoms with Crippen molar-refractivity contribution < 1.29 is 24.7 Å². The van der Waals surface area contributed by atoms with E-state index in [1.54, 1.807) is 30.3 Å². The minimum Gasteiger partial charge on any atom is -0.507 e. The number of benzene rings is 2. The zero-order chi connectivity index (χ0) is 21.7. The lowest BCUT2D eigenvalue weighted by Gasteiger charge is -2.25. The lowest BCUT2D eigenvalue weighted by molar-refractivity contribution is -0.384. The highest BCUT2D eigenvalue weighted by atomic mass is 16.6. The number of amides is 1. The number of rotatable bonds is 8. The molecule has 1 saturated heterocycles. The van der Waals surface area contributed by atoms with Crippen LogP contribution >= 0.6 is 0 Å². The van der Waals surface area contributed by atoms with Crippen LogP contribution in [0.3, 0.4) is 0 Å². The van der Waals surface area contributed by atoms with Gasteiger partial charge in [0.25, 0.3) is 17.4 Å². The maximum absolute atomic E-state index is 12.8. The third kappa shape index (κ3) is 4.22. The second-order valence-corrected chi connectivity index (χ2v) is 6.68. The van der Waals surface area contributed by atoms with Gasteiger partial charge in [0, 0.05) is 37.3 Å². The largest absolute Gasteiger partial charge is 0.507 e. The van der Waals surface area contributed by atoms with Crippen molar-refractivity contribution in [3.63, 3.8) is 0 Å². The average Bonchev–Trinajstić information content (AvgIpc) is 3.01. The second kappa shape index (κ2) is 9.29. The molecule has 1 unspecified atom stereocenters. The number of nitrogens with zero attached hydrogens (tertiary/aromatic N) is 2. The number of carbonyl (C=O) groups is 2. The molecular formula is C21H21N3O6. The van der Waals surface area contributed by atoms with Gasteiger partial charge in [-0.25, -0.2) is 0 Å². The summed E-state index contributed by atoms with van der Waals surface area (Å²) >= 11 is 0. The van der Waals surface area contributed by atoms with E-state index in [-0.39, 0.29) is 35.7 Å². The summed E-state index contributed by atoms with van der Waals surface area (Å²) in [7, 11) is 0. The van der Waals surface area contributed by atoms with E-state index in [1.807, 2.05) is 0 Å². The summed E-state index contributed by atoms with van der Waals surface area (Å²) in [5, 5.41) is 33.6. The fourth-order valence-electron chi connectivity index (χ4n) is 3.39. The van der Waals surface area contributed by atoms with E-state index in [4.69, 9.17) is 5.11 Å². The molecule has 0 saturated carbocycles. The van der Waals surface area contributed by atoms with Crippen LogP contribution in [0.25, 0.3) is 5.76 Å². The summed E-state index contributed by atoms with van der Waals surface area (Å²) in [5.41, 5.74) is 0.643. The monoisotopic (exact) mass is 411 g/mol. The number of nitrogens with one attached hydrogen (secondary N) is 1. The van der Waals surface area contributed by atoms with Crippen LogP contribution < -0.4 is 5.32 Å². The number of carbonyl (C=O) groups excluding carboxylic acids is 2. The number of aliphatic hydroxyl groups excluding tert-OH is 2. The Hall–Kier alpha value is -3.56. The molecule has 30 heavy (non-hydrogen) atoms. The van der Waals surface area contributed by atoms with Crippen molar-refractivity contribution in [2.75, 3.05) is 26.2 Å². The van der Waals surface area contributed by atoms with E-state index in [2.05, 4.69) is 5.32 Å². The molecule has 0 radical (unpaired) electrons. The number of Topliss-reactive ketones (excluding diaryl/α,β-unsaturated/α-hetero) is 1. The third-order valence-corrected chi connectivity index (χ3v) is 4.82. The molecule has 0 aliphatic carbocycles. The zero-order valence-electron chi connectivity index (χ0n) is 16.0. The molecule has 0 bridgehead atoms. The molecule has 2 aromatic carbocycles. The first-order valence-corrected chi connectivity index (χ1v) is 9.35. The smallest absolute Gasteiger partial charge is 0.295 e. The highest BCUT2D eigenvalue weighted by Crippen LogP contribution is 2.39. The van der Waals surface area contributed by atoms with Crippen LogP contribution in [0.1, 0.15) is 17.2 Å². The Morgan fingerprint density at radius 2 is 1.73 bits per heavy atom. The van der Waals surface area contributed by atoms with E-state index in [1.165, 1.54) is 29.2 Å². The van der Waals surface area contributed by atoms with Gasteiger partial charge in [-0.3, -0.25) is 19.7 Å². The fraction of sp³-hybridized carbons (Fsp3) is 0.238. The van der Waals surface area contributed by atoms with Crippen LogP contribution in [-0.2, 0) is 9.59 Å². The van der Waals surface area contributed by atoms with Crippen molar-refractivity contribution in [2.24, 2.45) is 0 Å². The molecule has 156 valence electrons. The molecule has 0 spiro atoms. The highest BCUT2D eigenvalue weighted by Gasteiger charge is 2.45. The first-order valence-electron chi connectivity index (χ1n) is 9.35. The van der Waals surface area contributed by atoms with Crippen LogP contribution in [-0.4, -0.2) is 58.0 Å². The molecular weight excluding hydrogens is 390 g/mol. The molecule has 1 heterocycles. The number of non-ortho nitro benzene ring substituents is 1. The standard InChI is InChI=1S/C21H21N3O6/c25-13-11-22-10-12-23-18(14-4-2-1-3-5-14)17(20(27)21(23)28)19(26)15-6-8-16(9-7-15)24(29)30/h1-9,18,22,25-26H,10-13H2/b19-17+. The lowest BCUT2D eigenvalue weighted by Crippen LogP contribution is -2.36. The maximum atomic E-state index is 12.8. The molecule has 1 aliphatic heterocycles. The van der Waals surface area contributed by atoms with Crippen molar-refractivity contribution in [3.8, 4) is 0 Å². The summed E-state index contributed by atoms with van der Waals surface area (Å²) in [5.74, 6) is -1.94. The number of aliphatic hydroxyl groups is 2. The first kappa shape index (κ1) is 21.2. The van der Waals surface area contributed by atoms with E-state index < -0.39 is 22.7 Å². The van der Waals surface area contributed by atoms with Gasteiger partial charge in [-0.05, 0) is 17.7 Å². The van der Waals surface area contributed by atoms with Crippen LogP contribution in [0.5, 0.6) is 0 Å². The van der Waals surface area contributed by atoms with Gasteiger partial charge < -0.3 is 20.4 Å². The Morgan fingerprint density at radius 3 is 2.33 bits per heavy atom. The Labute approximate surface area is 172 Å².